The number of carbonyl (C=O) groups is 2. The molecule has 5 nitrogen and oxygen atoms in total. The summed E-state index contributed by atoms with van der Waals surface area (Å²) in [5, 5.41) is 0. The first-order chi connectivity index (χ1) is 9.65. The van der Waals surface area contributed by atoms with Crippen molar-refractivity contribution in [2.75, 3.05) is 6.54 Å². The third-order valence-electron chi connectivity index (χ3n) is 4.20. The predicted molar refractivity (Wildman–Crippen MR) is 69.4 cm³/mol. The standard InChI is InChI=1S/C15H15NO4/c1-8-6-11-13(20-11)12(19-8)7-16-14(17)9-4-2-3-5-10(9)15(16)18/h2-5,8,11-13H,6-7H2,1H3/t8-,11+,12+,13+/m1/s1. The molecule has 0 unspecified atom stereocenters. The Kier molecular flexibility index (Phi) is 2.49. The molecule has 2 amide bonds. The molecule has 0 aromatic heterocycles. The Labute approximate surface area is 116 Å². The molecule has 3 aliphatic rings. The van der Waals surface area contributed by atoms with Gasteiger partial charge >= 0.3 is 0 Å². The lowest BCUT2D eigenvalue weighted by atomic mass is 10.0. The monoisotopic (exact) mass is 273 g/mol. The lowest BCUT2D eigenvalue weighted by Gasteiger charge is -2.27. The maximum absolute atomic E-state index is 12.3. The molecule has 20 heavy (non-hydrogen) atoms. The maximum Gasteiger partial charge on any atom is 0.261 e. The lowest BCUT2D eigenvalue weighted by molar-refractivity contribution is -0.0375. The average Bonchev–Trinajstić information content (AvgIpc) is 3.17. The van der Waals surface area contributed by atoms with E-state index < -0.39 is 0 Å². The Balaban J connectivity index is 1.56. The second kappa shape index (κ2) is 4.14. The normalized spacial score (nSPS) is 35.0. The fourth-order valence-corrected chi connectivity index (χ4v) is 3.16. The van der Waals surface area contributed by atoms with Crippen LogP contribution >= 0.6 is 0 Å². The summed E-state index contributed by atoms with van der Waals surface area (Å²) >= 11 is 0. The van der Waals surface area contributed by atoms with E-state index in [1.54, 1.807) is 24.3 Å². The second-order valence-electron chi connectivity index (χ2n) is 5.63. The van der Waals surface area contributed by atoms with Crippen LogP contribution in [-0.2, 0) is 9.47 Å². The summed E-state index contributed by atoms with van der Waals surface area (Å²) in [6.07, 6.45) is 1.07. The molecule has 4 atom stereocenters. The zero-order valence-electron chi connectivity index (χ0n) is 11.1. The van der Waals surface area contributed by atoms with Crippen LogP contribution in [0.25, 0.3) is 0 Å². The third kappa shape index (κ3) is 1.70. The van der Waals surface area contributed by atoms with Crippen LogP contribution in [0.5, 0.6) is 0 Å². The van der Waals surface area contributed by atoms with E-state index in [4.69, 9.17) is 9.47 Å². The van der Waals surface area contributed by atoms with Crippen LogP contribution in [0.3, 0.4) is 0 Å². The molecule has 1 aromatic rings. The van der Waals surface area contributed by atoms with Crippen LogP contribution in [-0.4, -0.2) is 47.7 Å². The number of imide groups is 1. The van der Waals surface area contributed by atoms with E-state index >= 15 is 0 Å². The molecule has 4 rings (SSSR count). The number of ether oxygens (including phenoxy) is 2. The van der Waals surface area contributed by atoms with Crippen molar-refractivity contribution in [3.8, 4) is 0 Å². The molecule has 2 fully saturated rings. The van der Waals surface area contributed by atoms with Gasteiger partial charge < -0.3 is 9.47 Å². The van der Waals surface area contributed by atoms with E-state index in [2.05, 4.69) is 0 Å². The average molecular weight is 273 g/mol. The van der Waals surface area contributed by atoms with E-state index in [1.165, 1.54) is 4.90 Å². The highest BCUT2D eigenvalue weighted by atomic mass is 16.6. The molecule has 0 radical (unpaired) electrons. The number of hydrogen-bond donors (Lipinski definition) is 0. The summed E-state index contributed by atoms with van der Waals surface area (Å²) in [7, 11) is 0. The minimum atomic E-state index is -0.232. The number of epoxide rings is 1. The van der Waals surface area contributed by atoms with E-state index in [1.807, 2.05) is 6.92 Å². The summed E-state index contributed by atoms with van der Waals surface area (Å²) < 4.78 is 11.4. The zero-order valence-corrected chi connectivity index (χ0v) is 11.1. The number of nitrogens with zero attached hydrogens (tertiary/aromatic N) is 1. The Morgan fingerprint density at radius 1 is 1.15 bits per heavy atom. The van der Waals surface area contributed by atoms with Gasteiger partial charge in [-0.1, -0.05) is 12.1 Å². The summed E-state index contributed by atoms with van der Waals surface area (Å²) in [4.78, 5) is 25.9. The summed E-state index contributed by atoms with van der Waals surface area (Å²) in [6.45, 7) is 2.27. The summed E-state index contributed by atoms with van der Waals surface area (Å²) in [5.41, 5.74) is 0.962. The van der Waals surface area contributed by atoms with Gasteiger partial charge in [0, 0.05) is 6.42 Å². The van der Waals surface area contributed by atoms with Crippen LogP contribution in [0.1, 0.15) is 34.1 Å². The van der Waals surface area contributed by atoms with Gasteiger partial charge in [-0.25, -0.2) is 0 Å². The quantitative estimate of drug-likeness (QED) is 0.600. The van der Waals surface area contributed by atoms with Crippen molar-refractivity contribution in [3.63, 3.8) is 0 Å². The van der Waals surface area contributed by atoms with Crippen LogP contribution in [0.4, 0.5) is 0 Å². The molecule has 0 saturated carbocycles. The van der Waals surface area contributed by atoms with Crippen molar-refractivity contribution >= 4 is 11.8 Å². The largest absolute Gasteiger partial charge is 0.370 e. The number of benzene rings is 1. The zero-order chi connectivity index (χ0) is 13.9. The topological polar surface area (TPSA) is 59.1 Å². The minimum absolute atomic E-state index is 0.0375. The van der Waals surface area contributed by atoms with E-state index in [0.717, 1.165) is 6.42 Å². The maximum atomic E-state index is 12.3. The molecule has 104 valence electrons. The van der Waals surface area contributed by atoms with Crippen LogP contribution < -0.4 is 0 Å². The van der Waals surface area contributed by atoms with Crippen molar-refractivity contribution in [3.05, 3.63) is 35.4 Å². The van der Waals surface area contributed by atoms with Crippen molar-refractivity contribution in [2.24, 2.45) is 0 Å². The molecular weight excluding hydrogens is 258 g/mol. The molecule has 0 N–H and O–H groups in total. The molecule has 3 heterocycles. The van der Waals surface area contributed by atoms with Crippen molar-refractivity contribution < 1.29 is 19.1 Å². The van der Waals surface area contributed by atoms with E-state index in [0.29, 0.717) is 11.1 Å². The lowest BCUT2D eigenvalue weighted by Crippen LogP contribution is -2.44. The van der Waals surface area contributed by atoms with Crippen molar-refractivity contribution in [1.82, 2.24) is 4.90 Å². The van der Waals surface area contributed by atoms with Crippen molar-refractivity contribution in [1.29, 1.82) is 0 Å². The highest BCUT2D eigenvalue weighted by Gasteiger charge is 2.52. The van der Waals surface area contributed by atoms with Crippen molar-refractivity contribution in [2.45, 2.75) is 37.8 Å². The third-order valence-corrected chi connectivity index (χ3v) is 4.20. The highest BCUT2D eigenvalue weighted by molar-refractivity contribution is 6.21. The second-order valence-corrected chi connectivity index (χ2v) is 5.63. The van der Waals surface area contributed by atoms with Crippen LogP contribution in [0.2, 0.25) is 0 Å². The molecule has 0 bridgehead atoms. The van der Waals surface area contributed by atoms with Gasteiger partial charge in [0.15, 0.2) is 0 Å². The van der Waals surface area contributed by atoms with Crippen LogP contribution in [0, 0.1) is 0 Å². The van der Waals surface area contributed by atoms with E-state index in [9.17, 15) is 9.59 Å². The fourth-order valence-electron chi connectivity index (χ4n) is 3.16. The van der Waals surface area contributed by atoms with E-state index in [-0.39, 0.29) is 42.8 Å². The number of fused-ring (bicyclic) bond motifs is 2. The summed E-state index contributed by atoms with van der Waals surface area (Å²) in [5.74, 6) is -0.464. The highest BCUT2D eigenvalue weighted by Crippen LogP contribution is 2.38. The van der Waals surface area contributed by atoms with Gasteiger partial charge in [-0.2, -0.15) is 0 Å². The van der Waals surface area contributed by atoms with Gasteiger partial charge in [0.2, 0.25) is 0 Å². The first-order valence-corrected chi connectivity index (χ1v) is 6.91. The molecule has 0 aliphatic carbocycles. The van der Waals surface area contributed by atoms with Gasteiger partial charge in [0.05, 0.1) is 29.9 Å². The number of hydrogen-bond acceptors (Lipinski definition) is 4. The van der Waals surface area contributed by atoms with Gasteiger partial charge in [-0.3, -0.25) is 14.5 Å². The number of amides is 2. The first kappa shape index (κ1) is 12.1. The number of carbonyl (C=O) groups excluding carboxylic acids is 2. The molecule has 5 heteroatoms. The smallest absolute Gasteiger partial charge is 0.261 e. The minimum Gasteiger partial charge on any atom is -0.370 e. The SMILES string of the molecule is C[C@@H]1C[C@@H]2O[C@@H]2[C@H](CN2C(=O)c3ccccc3C2=O)O1. The Bertz CT molecular complexity index is 564. The molecular formula is C15H15NO4. The molecule has 1 aromatic carbocycles. The van der Waals surface area contributed by atoms with Gasteiger partial charge in [-0.15, -0.1) is 0 Å². The Morgan fingerprint density at radius 3 is 2.45 bits per heavy atom. The number of rotatable bonds is 2. The Morgan fingerprint density at radius 2 is 1.80 bits per heavy atom. The van der Waals surface area contributed by atoms with Gasteiger partial charge in [0.25, 0.3) is 11.8 Å². The predicted octanol–water partition coefficient (Wildman–Crippen LogP) is 1.23. The fraction of sp³-hybridized carbons (Fsp3) is 0.467. The molecule has 2 saturated heterocycles. The van der Waals surface area contributed by atoms with Gasteiger partial charge in [0.1, 0.15) is 12.2 Å². The Hall–Kier alpha value is -1.72. The summed E-state index contributed by atoms with van der Waals surface area (Å²) in [6, 6.07) is 6.92. The molecule has 0 spiro atoms. The molecule has 3 aliphatic heterocycles. The first-order valence-electron chi connectivity index (χ1n) is 6.91. The van der Waals surface area contributed by atoms with Crippen LogP contribution in [0.15, 0.2) is 24.3 Å². The van der Waals surface area contributed by atoms with Gasteiger partial charge in [-0.05, 0) is 19.1 Å².